The van der Waals surface area contributed by atoms with Gasteiger partial charge in [-0.15, -0.1) is 29.7 Å². The van der Waals surface area contributed by atoms with Crippen molar-refractivity contribution in [3.63, 3.8) is 0 Å². The van der Waals surface area contributed by atoms with E-state index in [-0.39, 0.29) is 31.9 Å². The molecule has 6 heteroatoms. The standard InChI is InChI=1S/C68H52N4O.Pt/c1-67(2,3)47-33-36-59-61(39-47)70(43-71(59)65-52(44-19-9-7-10-20-44)29-18-30-53(65)45-21-11-8-12-22-45)49-25-17-26-50(41-49)73-51-34-35-57-60(42-51)72(62-40-48(37-38-69-62)68(4,5)6)66-56-28-14-13-27-54(56)55-31-15-23-46-24-16-32-58(63(46)55)64(57)66;/h7-40H,1-6H3;/q-2;. The summed E-state index contributed by atoms with van der Waals surface area (Å²) >= 11 is 0. The summed E-state index contributed by atoms with van der Waals surface area (Å²) in [5, 5.41) is 3.51. The first kappa shape index (κ1) is 46.9. The van der Waals surface area contributed by atoms with E-state index in [1.807, 2.05) is 24.4 Å². The van der Waals surface area contributed by atoms with E-state index < -0.39 is 0 Å². The number of hydrogen-bond acceptors (Lipinski definition) is 2. The van der Waals surface area contributed by atoms with Crippen molar-refractivity contribution in [2.24, 2.45) is 0 Å². The number of rotatable bonds is 7. The van der Waals surface area contributed by atoms with E-state index in [4.69, 9.17) is 9.72 Å². The van der Waals surface area contributed by atoms with E-state index in [2.05, 4.69) is 256 Å². The molecule has 0 saturated heterocycles. The third-order valence-corrected chi connectivity index (χ3v) is 14.5. The minimum Gasteiger partial charge on any atom is -0.510 e. The quantitative estimate of drug-likeness (QED) is 0.118. The van der Waals surface area contributed by atoms with E-state index in [0.717, 1.165) is 78.2 Å². The summed E-state index contributed by atoms with van der Waals surface area (Å²) in [5.74, 6) is 1.97. The molecule has 362 valence electrons. The number of pyridine rings is 1. The van der Waals surface area contributed by atoms with Crippen molar-refractivity contribution < 1.29 is 30.4 Å². The maximum absolute atomic E-state index is 6.91. The number of para-hydroxylation sites is 1. The Labute approximate surface area is 447 Å². The predicted octanol–water partition coefficient (Wildman–Crippen LogP) is 16.8. The second-order valence-electron chi connectivity index (χ2n) is 21.2. The van der Waals surface area contributed by atoms with Gasteiger partial charge in [-0.05, 0) is 101 Å². The van der Waals surface area contributed by atoms with Crippen LogP contribution in [0.4, 0.5) is 0 Å². The molecular weight excluding hydrogens is 1080 g/mol. The average molecular weight is 1140 g/mol. The molecule has 0 N–H and O–H groups in total. The molecule has 74 heavy (non-hydrogen) atoms. The van der Waals surface area contributed by atoms with Crippen LogP contribution in [-0.4, -0.2) is 14.1 Å². The summed E-state index contributed by atoms with van der Waals surface area (Å²) in [7, 11) is 0. The van der Waals surface area contributed by atoms with Crippen LogP contribution in [0.5, 0.6) is 11.5 Å². The van der Waals surface area contributed by atoms with Crippen LogP contribution in [0.3, 0.4) is 0 Å². The van der Waals surface area contributed by atoms with E-state index >= 15 is 0 Å². The van der Waals surface area contributed by atoms with Crippen molar-refractivity contribution in [3.8, 4) is 84.5 Å². The topological polar surface area (TPSA) is 35.9 Å². The number of aromatic nitrogens is 4. The Morgan fingerprint density at radius 3 is 1.81 bits per heavy atom. The molecule has 0 spiro atoms. The van der Waals surface area contributed by atoms with Crippen LogP contribution in [0.15, 0.2) is 206 Å². The van der Waals surface area contributed by atoms with Crippen LogP contribution in [0.1, 0.15) is 52.7 Å². The van der Waals surface area contributed by atoms with Crippen LogP contribution in [0, 0.1) is 18.5 Å². The molecule has 3 heterocycles. The van der Waals surface area contributed by atoms with Crippen LogP contribution >= 0.6 is 0 Å². The van der Waals surface area contributed by atoms with Crippen molar-refractivity contribution in [1.82, 2.24) is 14.1 Å². The van der Waals surface area contributed by atoms with Crippen molar-refractivity contribution >= 4 is 32.7 Å². The Kier molecular flexibility index (Phi) is 11.5. The first-order chi connectivity index (χ1) is 35.5. The van der Waals surface area contributed by atoms with Crippen LogP contribution in [0.25, 0.3) is 106 Å². The molecule has 0 aliphatic heterocycles. The van der Waals surface area contributed by atoms with E-state index in [0.29, 0.717) is 11.5 Å². The Bertz CT molecular complexity index is 4070. The summed E-state index contributed by atoms with van der Waals surface area (Å²) < 4.78 is 13.6. The summed E-state index contributed by atoms with van der Waals surface area (Å²) in [6.45, 7) is 13.5. The van der Waals surface area contributed by atoms with Gasteiger partial charge in [0.05, 0.1) is 16.7 Å². The SMILES string of the molecule is CC(C)(C)c1ccnc(-n2c3c(c4ccc(Oc5[c-]c(-n6[c-][n+](-c7c(-c8ccccc8)cccc7-c7ccccc7)c7ccc(C(C)(C)C)cc76)ccc5)[c-]c42)-c2cccc4cccc(c24)-c2ccccc2-3)c1.[Pt]. The molecule has 13 rings (SSSR count). The summed E-state index contributed by atoms with van der Waals surface area (Å²) in [4.78, 5) is 5.12. The normalized spacial score (nSPS) is 12.1. The summed E-state index contributed by atoms with van der Waals surface area (Å²) in [6.07, 6.45) is 5.80. The molecule has 0 radical (unpaired) electrons. The van der Waals surface area contributed by atoms with Crippen molar-refractivity contribution in [2.45, 2.75) is 52.4 Å². The van der Waals surface area contributed by atoms with Crippen molar-refractivity contribution in [1.29, 1.82) is 0 Å². The first-order valence-electron chi connectivity index (χ1n) is 25.1. The molecule has 0 unspecified atom stereocenters. The van der Waals surface area contributed by atoms with Gasteiger partial charge in [-0.25, -0.2) is 4.98 Å². The molecule has 0 saturated carbocycles. The molecular formula is C68H52N4OPt-2. The van der Waals surface area contributed by atoms with Crippen LogP contribution < -0.4 is 9.30 Å². The molecule has 0 amide bonds. The van der Waals surface area contributed by atoms with Gasteiger partial charge in [-0.2, -0.15) is 18.2 Å². The van der Waals surface area contributed by atoms with Gasteiger partial charge in [-0.3, -0.25) is 4.57 Å². The van der Waals surface area contributed by atoms with Gasteiger partial charge in [0, 0.05) is 50.0 Å². The van der Waals surface area contributed by atoms with Gasteiger partial charge in [0.2, 0.25) is 0 Å². The molecule has 1 aliphatic carbocycles. The maximum Gasteiger partial charge on any atom is 0.268 e. The van der Waals surface area contributed by atoms with Gasteiger partial charge in [0.1, 0.15) is 5.82 Å². The Balaban J connectivity index is 0.00000556. The van der Waals surface area contributed by atoms with Crippen LogP contribution in [0.2, 0.25) is 0 Å². The zero-order chi connectivity index (χ0) is 49.6. The number of hydrogen-bond donors (Lipinski definition) is 0. The number of fused-ring (bicyclic) bond motifs is 8. The Morgan fingerprint density at radius 1 is 0.514 bits per heavy atom. The summed E-state index contributed by atoms with van der Waals surface area (Å²) in [6, 6.07) is 78.9. The predicted molar refractivity (Wildman–Crippen MR) is 298 cm³/mol. The van der Waals surface area contributed by atoms with Gasteiger partial charge < -0.3 is 13.9 Å². The van der Waals surface area contributed by atoms with Crippen LogP contribution in [-0.2, 0) is 31.9 Å². The fraction of sp³-hybridized carbons (Fsp3) is 0.118. The van der Waals surface area contributed by atoms with Gasteiger partial charge in [-0.1, -0.05) is 199 Å². The molecule has 12 aromatic rings. The minimum absolute atomic E-state index is 0. The largest absolute Gasteiger partial charge is 0.510 e. The van der Waals surface area contributed by atoms with Crippen molar-refractivity contribution in [2.75, 3.05) is 0 Å². The average Bonchev–Trinajstić information content (AvgIpc) is 3.93. The number of benzene rings is 9. The first-order valence-corrected chi connectivity index (χ1v) is 25.1. The van der Waals surface area contributed by atoms with E-state index in [1.54, 1.807) is 0 Å². The number of nitrogens with zero attached hydrogens (tertiary/aromatic N) is 4. The minimum atomic E-state index is -0.0955. The third-order valence-electron chi connectivity index (χ3n) is 14.5. The zero-order valence-electron chi connectivity index (χ0n) is 42.1. The van der Waals surface area contributed by atoms with Gasteiger partial charge in [0.15, 0.2) is 0 Å². The number of imidazole rings is 1. The van der Waals surface area contributed by atoms with E-state index in [1.165, 1.54) is 38.6 Å². The van der Waals surface area contributed by atoms with E-state index in [9.17, 15) is 0 Å². The monoisotopic (exact) mass is 1140 g/mol. The van der Waals surface area contributed by atoms with Gasteiger partial charge >= 0.3 is 0 Å². The van der Waals surface area contributed by atoms with Crippen molar-refractivity contribution in [3.05, 3.63) is 236 Å². The molecule has 5 nitrogen and oxygen atoms in total. The molecule has 1 aliphatic rings. The second-order valence-corrected chi connectivity index (χ2v) is 21.2. The molecule has 9 aromatic carbocycles. The zero-order valence-corrected chi connectivity index (χ0v) is 44.4. The third kappa shape index (κ3) is 7.90. The summed E-state index contributed by atoms with van der Waals surface area (Å²) in [5.41, 5.74) is 18.4. The molecule has 0 bridgehead atoms. The smallest absolute Gasteiger partial charge is 0.268 e. The number of ether oxygens (including phenoxy) is 1. The molecule has 0 fully saturated rings. The molecule has 3 aromatic heterocycles. The second kappa shape index (κ2) is 18.1. The molecule has 0 atom stereocenters. The fourth-order valence-corrected chi connectivity index (χ4v) is 10.9. The van der Waals surface area contributed by atoms with Gasteiger partial charge in [0.25, 0.3) is 6.33 Å². The fourth-order valence-electron chi connectivity index (χ4n) is 10.9. The Morgan fingerprint density at radius 2 is 1.11 bits per heavy atom. The maximum atomic E-state index is 6.91. The Hall–Kier alpha value is -8.11.